The van der Waals surface area contributed by atoms with E-state index in [1.807, 2.05) is 0 Å². The van der Waals surface area contributed by atoms with Gasteiger partial charge in [0.2, 0.25) is 0 Å². The molecule has 2 rings (SSSR count). The van der Waals surface area contributed by atoms with Crippen molar-refractivity contribution in [1.29, 1.82) is 0 Å². The minimum absolute atomic E-state index is 0.00530. The Hall–Kier alpha value is -1.68. The number of hydrogen-bond acceptors (Lipinski definition) is 1. The van der Waals surface area contributed by atoms with Gasteiger partial charge in [-0.25, -0.2) is 13.2 Å². The average Bonchev–Trinajstić information content (AvgIpc) is 2.36. The summed E-state index contributed by atoms with van der Waals surface area (Å²) < 4.78 is 39.3. The molecule has 0 bridgehead atoms. The fourth-order valence-corrected chi connectivity index (χ4v) is 1.89. The van der Waals surface area contributed by atoms with Crippen molar-refractivity contribution in [3.05, 3.63) is 64.4 Å². The molecule has 0 aromatic heterocycles. The van der Waals surface area contributed by atoms with E-state index in [1.165, 1.54) is 18.2 Å². The molecule has 0 heterocycles. The molecule has 0 aliphatic carbocycles. The van der Waals surface area contributed by atoms with Gasteiger partial charge in [-0.15, -0.1) is 0 Å². The zero-order valence-corrected chi connectivity index (χ0v) is 10.8. The summed E-state index contributed by atoms with van der Waals surface area (Å²) in [4.78, 5) is 0. The summed E-state index contributed by atoms with van der Waals surface area (Å²) in [5.41, 5.74) is 0.879. The summed E-state index contributed by atoms with van der Waals surface area (Å²) in [6.07, 6.45) is 0. The van der Waals surface area contributed by atoms with E-state index in [4.69, 9.17) is 11.6 Å². The summed E-state index contributed by atoms with van der Waals surface area (Å²) >= 11 is 5.69. The highest BCUT2D eigenvalue weighted by molar-refractivity contribution is 6.30. The van der Waals surface area contributed by atoms with Gasteiger partial charge < -0.3 is 5.32 Å². The van der Waals surface area contributed by atoms with Crippen LogP contribution in [0.4, 0.5) is 18.9 Å². The van der Waals surface area contributed by atoms with Crippen molar-refractivity contribution >= 4 is 17.3 Å². The highest BCUT2D eigenvalue weighted by Crippen LogP contribution is 2.25. The molecular formula is C14H11ClF3N. The maximum atomic E-state index is 13.5. The fourth-order valence-electron chi connectivity index (χ4n) is 1.70. The second-order valence-electron chi connectivity index (χ2n) is 4.16. The molecule has 19 heavy (non-hydrogen) atoms. The molecule has 0 radical (unpaired) electrons. The standard InChI is InChI=1S/C14H11ClF3N/c1-8(9-2-4-12(17)11(15)6-9)19-14-5-3-10(16)7-13(14)18/h2-8,19H,1H3. The Morgan fingerprint density at radius 2 is 1.74 bits per heavy atom. The summed E-state index contributed by atoms with van der Waals surface area (Å²) in [5.74, 6) is -1.83. The normalized spacial score (nSPS) is 12.3. The van der Waals surface area contributed by atoms with Crippen LogP contribution in [-0.4, -0.2) is 0 Å². The third-order valence-electron chi connectivity index (χ3n) is 2.75. The highest BCUT2D eigenvalue weighted by atomic mass is 35.5. The van der Waals surface area contributed by atoms with Crippen LogP contribution in [0.25, 0.3) is 0 Å². The van der Waals surface area contributed by atoms with E-state index in [0.29, 0.717) is 5.56 Å². The Morgan fingerprint density at radius 3 is 2.37 bits per heavy atom. The number of hydrogen-bond donors (Lipinski definition) is 1. The van der Waals surface area contributed by atoms with Gasteiger partial charge in [-0.1, -0.05) is 17.7 Å². The summed E-state index contributed by atoms with van der Waals surface area (Å²) in [5, 5.41) is 2.88. The molecule has 2 aromatic rings. The van der Waals surface area contributed by atoms with Crippen LogP contribution in [0.15, 0.2) is 36.4 Å². The molecule has 0 spiro atoms. The van der Waals surface area contributed by atoms with Gasteiger partial charge in [0.05, 0.1) is 10.7 Å². The van der Waals surface area contributed by atoms with Crippen molar-refractivity contribution in [2.75, 3.05) is 5.32 Å². The predicted molar refractivity (Wildman–Crippen MR) is 69.8 cm³/mol. The van der Waals surface area contributed by atoms with E-state index in [1.54, 1.807) is 13.0 Å². The molecule has 0 aliphatic heterocycles. The second kappa shape index (κ2) is 5.53. The van der Waals surface area contributed by atoms with E-state index in [-0.39, 0.29) is 16.8 Å². The lowest BCUT2D eigenvalue weighted by atomic mass is 10.1. The van der Waals surface area contributed by atoms with E-state index in [0.717, 1.165) is 12.1 Å². The molecule has 100 valence electrons. The Labute approximate surface area is 114 Å². The smallest absolute Gasteiger partial charge is 0.149 e. The Morgan fingerprint density at radius 1 is 1.00 bits per heavy atom. The number of nitrogens with one attached hydrogen (secondary N) is 1. The summed E-state index contributed by atoms with van der Waals surface area (Å²) in [7, 11) is 0. The Balaban J connectivity index is 2.20. The van der Waals surface area contributed by atoms with E-state index < -0.39 is 17.5 Å². The lowest BCUT2D eigenvalue weighted by Gasteiger charge is -2.16. The van der Waals surface area contributed by atoms with Crippen molar-refractivity contribution in [2.24, 2.45) is 0 Å². The molecule has 2 aromatic carbocycles. The first-order valence-corrected chi connectivity index (χ1v) is 6.01. The minimum Gasteiger partial charge on any atom is -0.376 e. The van der Waals surface area contributed by atoms with Crippen LogP contribution in [0.3, 0.4) is 0 Å². The second-order valence-corrected chi connectivity index (χ2v) is 4.57. The first kappa shape index (κ1) is 13.7. The molecule has 5 heteroatoms. The monoisotopic (exact) mass is 285 g/mol. The van der Waals surface area contributed by atoms with Gasteiger partial charge in [0.15, 0.2) is 0 Å². The van der Waals surface area contributed by atoms with Crippen molar-refractivity contribution < 1.29 is 13.2 Å². The largest absolute Gasteiger partial charge is 0.376 e. The molecule has 0 saturated heterocycles. The predicted octanol–water partition coefficient (Wildman–Crippen LogP) is 4.93. The maximum absolute atomic E-state index is 13.5. The third-order valence-corrected chi connectivity index (χ3v) is 3.04. The summed E-state index contributed by atoms with van der Waals surface area (Å²) in [6, 6.07) is 7.25. The van der Waals surface area contributed by atoms with Gasteiger partial charge in [0.1, 0.15) is 17.5 Å². The van der Waals surface area contributed by atoms with Gasteiger partial charge in [-0.2, -0.15) is 0 Å². The molecule has 1 unspecified atom stereocenters. The van der Waals surface area contributed by atoms with Crippen LogP contribution in [0.2, 0.25) is 5.02 Å². The highest BCUT2D eigenvalue weighted by Gasteiger charge is 2.11. The third kappa shape index (κ3) is 3.20. The zero-order chi connectivity index (χ0) is 14.0. The van der Waals surface area contributed by atoms with E-state index >= 15 is 0 Å². The quantitative estimate of drug-likeness (QED) is 0.843. The lowest BCUT2D eigenvalue weighted by molar-refractivity contribution is 0.583. The first-order chi connectivity index (χ1) is 8.97. The van der Waals surface area contributed by atoms with Gasteiger partial charge in [-0.3, -0.25) is 0 Å². The Bertz CT molecular complexity index is 601. The van der Waals surface area contributed by atoms with Crippen LogP contribution in [0, 0.1) is 17.5 Å². The number of anilines is 1. The van der Waals surface area contributed by atoms with Crippen LogP contribution in [0.1, 0.15) is 18.5 Å². The number of benzene rings is 2. The molecular weight excluding hydrogens is 275 g/mol. The summed E-state index contributed by atoms with van der Waals surface area (Å²) in [6.45, 7) is 1.77. The van der Waals surface area contributed by atoms with Crippen LogP contribution in [0.5, 0.6) is 0 Å². The number of rotatable bonds is 3. The Kier molecular flexibility index (Phi) is 4.00. The van der Waals surface area contributed by atoms with E-state index in [9.17, 15) is 13.2 Å². The molecule has 1 atom stereocenters. The minimum atomic E-state index is -0.681. The molecule has 1 N–H and O–H groups in total. The van der Waals surface area contributed by atoms with Gasteiger partial charge in [0, 0.05) is 12.1 Å². The van der Waals surface area contributed by atoms with Crippen molar-refractivity contribution in [1.82, 2.24) is 0 Å². The SMILES string of the molecule is CC(Nc1ccc(F)cc1F)c1ccc(F)c(Cl)c1. The van der Waals surface area contributed by atoms with E-state index in [2.05, 4.69) is 5.32 Å². The molecule has 0 saturated carbocycles. The van der Waals surface area contributed by atoms with Gasteiger partial charge in [-0.05, 0) is 36.8 Å². The maximum Gasteiger partial charge on any atom is 0.149 e. The first-order valence-electron chi connectivity index (χ1n) is 5.64. The van der Waals surface area contributed by atoms with Crippen molar-refractivity contribution in [3.63, 3.8) is 0 Å². The molecule has 1 nitrogen and oxygen atoms in total. The van der Waals surface area contributed by atoms with Gasteiger partial charge >= 0.3 is 0 Å². The molecule has 0 amide bonds. The number of halogens is 4. The van der Waals surface area contributed by atoms with Crippen LogP contribution in [-0.2, 0) is 0 Å². The topological polar surface area (TPSA) is 12.0 Å². The lowest BCUT2D eigenvalue weighted by Crippen LogP contribution is -2.08. The zero-order valence-electron chi connectivity index (χ0n) is 10.1. The average molecular weight is 286 g/mol. The van der Waals surface area contributed by atoms with Crippen molar-refractivity contribution in [2.45, 2.75) is 13.0 Å². The van der Waals surface area contributed by atoms with Gasteiger partial charge in [0.25, 0.3) is 0 Å². The molecule has 0 aliphatic rings. The van der Waals surface area contributed by atoms with Crippen LogP contribution >= 0.6 is 11.6 Å². The fraction of sp³-hybridized carbons (Fsp3) is 0.143. The van der Waals surface area contributed by atoms with Crippen molar-refractivity contribution in [3.8, 4) is 0 Å². The molecule has 0 fully saturated rings. The van der Waals surface area contributed by atoms with Crippen LogP contribution < -0.4 is 5.32 Å².